The van der Waals surface area contributed by atoms with Crippen molar-refractivity contribution in [1.82, 2.24) is 9.62 Å². The Hall–Kier alpha value is -1.21. The predicted octanol–water partition coefficient (Wildman–Crippen LogP) is 3.31. The fourth-order valence-electron chi connectivity index (χ4n) is 2.98. The molecule has 0 atom stereocenters. The first-order valence-electron chi connectivity index (χ1n) is 8.31. The van der Waals surface area contributed by atoms with Crippen LogP contribution in [0, 0.1) is 13.8 Å². The van der Waals surface area contributed by atoms with Crippen LogP contribution in [0.4, 0.5) is 0 Å². The van der Waals surface area contributed by atoms with E-state index in [9.17, 15) is 8.42 Å². The summed E-state index contributed by atoms with van der Waals surface area (Å²) in [4.78, 5) is 3.06. The van der Waals surface area contributed by atoms with Crippen LogP contribution in [0.2, 0.25) is 0 Å². The van der Waals surface area contributed by atoms with Crippen LogP contribution in [0.1, 0.15) is 28.2 Å². The molecule has 0 saturated carbocycles. The molecule has 1 aliphatic rings. The number of thiophene rings is 1. The quantitative estimate of drug-likeness (QED) is 0.885. The van der Waals surface area contributed by atoms with E-state index in [0.717, 1.165) is 24.9 Å². The number of piperidine rings is 1. The molecule has 6 heteroatoms. The SMILES string of the molecule is Cc1ccc(S(=O)(=O)N2CCC(NCc3ccc(C)s3)CC2)cc1. The monoisotopic (exact) mass is 364 g/mol. The molecule has 1 fully saturated rings. The average molecular weight is 365 g/mol. The van der Waals surface area contributed by atoms with E-state index in [1.54, 1.807) is 16.4 Å². The fourth-order valence-corrected chi connectivity index (χ4v) is 5.30. The van der Waals surface area contributed by atoms with Crippen LogP contribution in [-0.4, -0.2) is 31.9 Å². The van der Waals surface area contributed by atoms with Crippen molar-refractivity contribution in [2.45, 2.75) is 44.2 Å². The number of benzene rings is 1. The lowest BCUT2D eigenvalue weighted by atomic mass is 10.1. The smallest absolute Gasteiger partial charge is 0.243 e. The van der Waals surface area contributed by atoms with Gasteiger partial charge in [-0.25, -0.2) is 8.42 Å². The highest BCUT2D eigenvalue weighted by atomic mass is 32.2. The highest BCUT2D eigenvalue weighted by Gasteiger charge is 2.29. The summed E-state index contributed by atoms with van der Waals surface area (Å²) in [7, 11) is -3.36. The van der Waals surface area contributed by atoms with Gasteiger partial charge in [0, 0.05) is 35.4 Å². The minimum absolute atomic E-state index is 0.386. The normalized spacial score (nSPS) is 17.2. The van der Waals surface area contributed by atoms with Gasteiger partial charge in [-0.1, -0.05) is 17.7 Å². The van der Waals surface area contributed by atoms with Gasteiger partial charge in [-0.2, -0.15) is 4.31 Å². The van der Waals surface area contributed by atoms with Crippen LogP contribution in [0.3, 0.4) is 0 Å². The Kier molecular flexibility index (Phi) is 5.39. The largest absolute Gasteiger partial charge is 0.309 e. The van der Waals surface area contributed by atoms with Crippen molar-refractivity contribution < 1.29 is 8.42 Å². The minimum atomic E-state index is -3.36. The Labute approximate surface area is 148 Å². The van der Waals surface area contributed by atoms with Crippen LogP contribution in [0.5, 0.6) is 0 Å². The van der Waals surface area contributed by atoms with E-state index in [-0.39, 0.29) is 0 Å². The number of hydrogen-bond acceptors (Lipinski definition) is 4. The first kappa shape index (κ1) is 17.6. The molecule has 0 amide bonds. The summed E-state index contributed by atoms with van der Waals surface area (Å²) in [6.45, 7) is 6.10. The van der Waals surface area contributed by atoms with Crippen molar-refractivity contribution in [3.8, 4) is 0 Å². The Balaban J connectivity index is 1.55. The number of nitrogens with zero attached hydrogens (tertiary/aromatic N) is 1. The molecule has 0 aliphatic carbocycles. The maximum absolute atomic E-state index is 12.7. The third-order valence-electron chi connectivity index (χ3n) is 4.47. The first-order chi connectivity index (χ1) is 11.4. The van der Waals surface area contributed by atoms with E-state index in [0.29, 0.717) is 24.0 Å². The van der Waals surface area contributed by atoms with E-state index in [2.05, 4.69) is 24.4 Å². The molecule has 1 aromatic carbocycles. The van der Waals surface area contributed by atoms with Gasteiger partial charge >= 0.3 is 0 Å². The number of sulfonamides is 1. The average Bonchev–Trinajstić information content (AvgIpc) is 2.99. The van der Waals surface area contributed by atoms with Gasteiger partial charge in [0.25, 0.3) is 0 Å². The van der Waals surface area contributed by atoms with Gasteiger partial charge in [-0.3, -0.25) is 0 Å². The molecule has 3 rings (SSSR count). The van der Waals surface area contributed by atoms with Crippen LogP contribution >= 0.6 is 11.3 Å². The standard InChI is InChI=1S/C18H24N2O2S2/c1-14-3-7-18(8-4-14)24(21,22)20-11-9-16(10-12-20)19-13-17-6-5-15(2)23-17/h3-8,16,19H,9-13H2,1-2H3. The maximum Gasteiger partial charge on any atom is 0.243 e. The first-order valence-corrected chi connectivity index (χ1v) is 10.6. The van der Waals surface area contributed by atoms with Crippen molar-refractivity contribution in [2.24, 2.45) is 0 Å². The van der Waals surface area contributed by atoms with Crippen LogP contribution in [0.25, 0.3) is 0 Å². The topological polar surface area (TPSA) is 49.4 Å². The van der Waals surface area contributed by atoms with Crippen molar-refractivity contribution in [3.63, 3.8) is 0 Å². The second kappa shape index (κ2) is 7.35. The molecule has 4 nitrogen and oxygen atoms in total. The molecule has 1 aromatic heterocycles. The summed E-state index contributed by atoms with van der Waals surface area (Å²) in [6.07, 6.45) is 1.71. The van der Waals surface area contributed by atoms with Crippen molar-refractivity contribution in [1.29, 1.82) is 0 Å². The highest BCUT2D eigenvalue weighted by molar-refractivity contribution is 7.89. The predicted molar refractivity (Wildman–Crippen MR) is 98.9 cm³/mol. The summed E-state index contributed by atoms with van der Waals surface area (Å²) in [5.41, 5.74) is 1.07. The molecular formula is C18H24N2O2S2. The van der Waals surface area contributed by atoms with Gasteiger partial charge in [0.2, 0.25) is 10.0 Å². The highest BCUT2D eigenvalue weighted by Crippen LogP contribution is 2.22. The van der Waals surface area contributed by atoms with Gasteiger partial charge in [-0.15, -0.1) is 11.3 Å². The number of nitrogens with one attached hydrogen (secondary N) is 1. The molecule has 24 heavy (non-hydrogen) atoms. The van der Waals surface area contributed by atoms with E-state index >= 15 is 0 Å². The fraction of sp³-hybridized carbons (Fsp3) is 0.444. The Morgan fingerprint density at radius 1 is 1.08 bits per heavy atom. The van der Waals surface area contributed by atoms with Gasteiger partial charge < -0.3 is 5.32 Å². The molecular weight excluding hydrogens is 340 g/mol. The van der Waals surface area contributed by atoms with Crippen molar-refractivity contribution in [3.05, 3.63) is 51.7 Å². The third kappa shape index (κ3) is 4.06. The minimum Gasteiger partial charge on any atom is -0.309 e. The molecule has 2 aromatic rings. The second-order valence-electron chi connectivity index (χ2n) is 6.38. The van der Waals surface area contributed by atoms with Gasteiger partial charge in [0.15, 0.2) is 0 Å². The van der Waals surface area contributed by atoms with Crippen LogP contribution < -0.4 is 5.32 Å². The van der Waals surface area contributed by atoms with E-state index < -0.39 is 10.0 Å². The zero-order valence-electron chi connectivity index (χ0n) is 14.2. The maximum atomic E-state index is 12.7. The zero-order valence-corrected chi connectivity index (χ0v) is 15.8. The molecule has 0 unspecified atom stereocenters. The number of hydrogen-bond donors (Lipinski definition) is 1. The molecule has 0 spiro atoms. The molecule has 1 N–H and O–H groups in total. The summed E-state index contributed by atoms with van der Waals surface area (Å²) in [5, 5.41) is 3.56. The Bertz CT molecular complexity index is 774. The molecule has 1 aliphatic heterocycles. The molecule has 2 heterocycles. The number of aryl methyl sites for hydroxylation is 2. The Morgan fingerprint density at radius 2 is 1.75 bits per heavy atom. The summed E-state index contributed by atoms with van der Waals surface area (Å²) >= 11 is 1.81. The molecule has 1 saturated heterocycles. The second-order valence-corrected chi connectivity index (χ2v) is 9.70. The summed E-state index contributed by atoms with van der Waals surface area (Å²) in [5.74, 6) is 0. The van der Waals surface area contributed by atoms with Gasteiger partial charge in [-0.05, 0) is 51.0 Å². The van der Waals surface area contributed by atoms with E-state index in [1.165, 1.54) is 9.75 Å². The van der Waals surface area contributed by atoms with Crippen LogP contribution in [0.15, 0.2) is 41.3 Å². The van der Waals surface area contributed by atoms with Gasteiger partial charge in [0.05, 0.1) is 4.90 Å². The number of rotatable bonds is 5. The lowest BCUT2D eigenvalue weighted by Crippen LogP contribution is -2.44. The Morgan fingerprint density at radius 3 is 2.33 bits per heavy atom. The molecule has 0 radical (unpaired) electrons. The lowest BCUT2D eigenvalue weighted by molar-refractivity contribution is 0.289. The third-order valence-corrected chi connectivity index (χ3v) is 7.39. The summed E-state index contributed by atoms with van der Waals surface area (Å²) in [6, 6.07) is 11.8. The van der Waals surface area contributed by atoms with Gasteiger partial charge in [0.1, 0.15) is 0 Å². The van der Waals surface area contributed by atoms with Crippen molar-refractivity contribution in [2.75, 3.05) is 13.1 Å². The zero-order chi connectivity index (χ0) is 17.2. The molecule has 0 bridgehead atoms. The van der Waals surface area contributed by atoms with E-state index in [4.69, 9.17) is 0 Å². The van der Waals surface area contributed by atoms with Crippen LogP contribution in [-0.2, 0) is 16.6 Å². The van der Waals surface area contributed by atoms with Crippen molar-refractivity contribution >= 4 is 21.4 Å². The molecule has 130 valence electrons. The summed E-state index contributed by atoms with van der Waals surface area (Å²) < 4.78 is 27.0. The van der Waals surface area contributed by atoms with E-state index in [1.807, 2.05) is 30.4 Å². The lowest BCUT2D eigenvalue weighted by Gasteiger charge is -2.31.